The number of aromatic nitrogens is 1. The van der Waals surface area contributed by atoms with Gasteiger partial charge in [0.05, 0.1) is 13.2 Å². The monoisotopic (exact) mass is 278 g/mol. The van der Waals surface area contributed by atoms with Crippen molar-refractivity contribution in [1.29, 1.82) is 0 Å². The second-order valence-electron chi connectivity index (χ2n) is 5.11. The maximum Gasteiger partial charge on any atom is 0.256 e. The van der Waals surface area contributed by atoms with Crippen LogP contribution in [0.15, 0.2) is 12.1 Å². The zero-order valence-electron chi connectivity index (χ0n) is 12.3. The van der Waals surface area contributed by atoms with E-state index in [9.17, 15) is 4.79 Å². The smallest absolute Gasteiger partial charge is 0.256 e. The van der Waals surface area contributed by atoms with Gasteiger partial charge in [0.25, 0.3) is 5.91 Å². The number of amides is 1. The molecule has 1 aliphatic carbocycles. The molecular weight excluding hydrogens is 256 g/mol. The van der Waals surface area contributed by atoms with E-state index in [1.54, 1.807) is 13.2 Å². The van der Waals surface area contributed by atoms with Crippen molar-refractivity contribution < 1.29 is 14.3 Å². The van der Waals surface area contributed by atoms with Crippen LogP contribution in [0.5, 0.6) is 5.88 Å². The zero-order valence-corrected chi connectivity index (χ0v) is 12.3. The van der Waals surface area contributed by atoms with Crippen LogP contribution >= 0.6 is 0 Å². The minimum Gasteiger partial charge on any atom is -0.477 e. The Morgan fingerprint density at radius 1 is 1.45 bits per heavy atom. The van der Waals surface area contributed by atoms with Crippen LogP contribution in [-0.4, -0.2) is 37.3 Å². The Hall–Kier alpha value is -1.62. The average Bonchev–Trinajstić information content (AvgIpc) is 2.41. The number of ether oxygens (including phenoxy) is 2. The van der Waals surface area contributed by atoms with Crippen LogP contribution < -0.4 is 10.1 Å². The van der Waals surface area contributed by atoms with E-state index < -0.39 is 0 Å². The van der Waals surface area contributed by atoms with Crippen molar-refractivity contribution in [3.63, 3.8) is 0 Å². The lowest BCUT2D eigenvalue weighted by Gasteiger charge is -2.36. The molecule has 20 heavy (non-hydrogen) atoms. The number of nitrogens with zero attached hydrogens (tertiary/aromatic N) is 1. The Labute approximate surface area is 119 Å². The van der Waals surface area contributed by atoms with E-state index in [0.29, 0.717) is 30.6 Å². The Morgan fingerprint density at radius 3 is 2.85 bits per heavy atom. The summed E-state index contributed by atoms with van der Waals surface area (Å²) in [4.78, 5) is 16.6. The highest BCUT2D eigenvalue weighted by atomic mass is 16.5. The predicted molar refractivity (Wildman–Crippen MR) is 76.0 cm³/mol. The van der Waals surface area contributed by atoms with Gasteiger partial charge in [0.15, 0.2) is 0 Å². The summed E-state index contributed by atoms with van der Waals surface area (Å²) in [7, 11) is 1.69. The molecule has 1 saturated carbocycles. The lowest BCUT2D eigenvalue weighted by molar-refractivity contribution is 0.0668. The van der Waals surface area contributed by atoms with Crippen LogP contribution in [0, 0.1) is 12.8 Å². The fraction of sp³-hybridized carbons (Fsp3) is 0.600. The summed E-state index contributed by atoms with van der Waals surface area (Å²) in [6.45, 7) is 4.94. The molecule has 0 bridgehead atoms. The summed E-state index contributed by atoms with van der Waals surface area (Å²) < 4.78 is 10.6. The quantitative estimate of drug-likeness (QED) is 0.864. The van der Waals surface area contributed by atoms with E-state index in [-0.39, 0.29) is 11.9 Å². The molecule has 0 unspecified atom stereocenters. The molecule has 0 aliphatic heterocycles. The number of nitrogens with one attached hydrogen (secondary N) is 1. The third-order valence-corrected chi connectivity index (χ3v) is 3.64. The average molecular weight is 278 g/mol. The highest BCUT2D eigenvalue weighted by Crippen LogP contribution is 2.28. The molecule has 1 N–H and O–H groups in total. The van der Waals surface area contributed by atoms with Crippen molar-refractivity contribution in [2.24, 2.45) is 5.92 Å². The summed E-state index contributed by atoms with van der Waals surface area (Å²) in [6, 6.07) is 3.79. The summed E-state index contributed by atoms with van der Waals surface area (Å²) in [5.74, 6) is 0.706. The molecule has 0 saturated heterocycles. The molecule has 1 aromatic rings. The highest BCUT2D eigenvalue weighted by molar-refractivity contribution is 5.96. The number of carbonyl (C=O) groups is 1. The molecular formula is C15H22N2O3. The number of hydrogen-bond acceptors (Lipinski definition) is 4. The van der Waals surface area contributed by atoms with E-state index >= 15 is 0 Å². The first-order chi connectivity index (χ1) is 9.65. The number of pyridine rings is 1. The standard InChI is InChI=1S/C15H22N2O3/c1-4-20-15-12(7-5-10(2)16-15)14(18)17-13-8-6-11(13)9-19-3/h5,7,11,13H,4,6,8-9H2,1-3H3,(H,17,18)/t11-,13-/m1/s1. The molecule has 1 fully saturated rings. The van der Waals surface area contributed by atoms with Gasteiger partial charge in [0, 0.05) is 24.8 Å². The van der Waals surface area contributed by atoms with Crippen LogP contribution in [0.1, 0.15) is 35.8 Å². The highest BCUT2D eigenvalue weighted by Gasteiger charge is 2.32. The molecule has 5 nitrogen and oxygen atoms in total. The van der Waals surface area contributed by atoms with E-state index in [2.05, 4.69) is 10.3 Å². The van der Waals surface area contributed by atoms with Gasteiger partial charge in [0.2, 0.25) is 5.88 Å². The van der Waals surface area contributed by atoms with Crippen molar-refractivity contribution >= 4 is 5.91 Å². The summed E-state index contributed by atoms with van der Waals surface area (Å²) in [5.41, 5.74) is 1.34. The van der Waals surface area contributed by atoms with Gasteiger partial charge in [-0.3, -0.25) is 4.79 Å². The van der Waals surface area contributed by atoms with Gasteiger partial charge in [-0.05, 0) is 38.8 Å². The molecule has 1 heterocycles. The number of methoxy groups -OCH3 is 1. The van der Waals surface area contributed by atoms with Gasteiger partial charge < -0.3 is 14.8 Å². The first kappa shape index (κ1) is 14.8. The van der Waals surface area contributed by atoms with Crippen molar-refractivity contribution in [2.75, 3.05) is 20.3 Å². The maximum absolute atomic E-state index is 12.3. The summed E-state index contributed by atoms with van der Waals surface area (Å²) >= 11 is 0. The maximum atomic E-state index is 12.3. The second-order valence-corrected chi connectivity index (χ2v) is 5.11. The van der Waals surface area contributed by atoms with Crippen molar-refractivity contribution in [3.05, 3.63) is 23.4 Å². The lowest BCUT2D eigenvalue weighted by atomic mass is 9.80. The van der Waals surface area contributed by atoms with Gasteiger partial charge in [-0.2, -0.15) is 0 Å². The number of hydrogen-bond donors (Lipinski definition) is 1. The van der Waals surface area contributed by atoms with E-state index in [4.69, 9.17) is 9.47 Å². The number of rotatable bonds is 6. The Balaban J connectivity index is 2.05. The Morgan fingerprint density at radius 2 is 2.25 bits per heavy atom. The number of aryl methyl sites for hydroxylation is 1. The Bertz CT molecular complexity index is 476. The topological polar surface area (TPSA) is 60.5 Å². The molecule has 0 aromatic carbocycles. The summed E-state index contributed by atoms with van der Waals surface area (Å²) in [6.07, 6.45) is 2.10. The van der Waals surface area contributed by atoms with Gasteiger partial charge >= 0.3 is 0 Å². The lowest BCUT2D eigenvalue weighted by Crippen LogP contribution is -2.48. The van der Waals surface area contributed by atoms with Crippen molar-refractivity contribution in [2.45, 2.75) is 32.7 Å². The minimum atomic E-state index is -0.119. The molecule has 5 heteroatoms. The van der Waals surface area contributed by atoms with Crippen LogP contribution in [0.4, 0.5) is 0 Å². The Kier molecular flexibility index (Phi) is 4.95. The van der Waals surface area contributed by atoms with Crippen LogP contribution in [0.25, 0.3) is 0 Å². The van der Waals surface area contributed by atoms with Gasteiger partial charge in [0.1, 0.15) is 5.56 Å². The molecule has 110 valence electrons. The molecule has 1 amide bonds. The van der Waals surface area contributed by atoms with Gasteiger partial charge in [-0.15, -0.1) is 0 Å². The van der Waals surface area contributed by atoms with Crippen LogP contribution in [0.3, 0.4) is 0 Å². The molecule has 1 aliphatic rings. The molecule has 1 aromatic heterocycles. The summed E-state index contributed by atoms with van der Waals surface area (Å²) in [5, 5.41) is 3.05. The molecule has 2 rings (SSSR count). The van der Waals surface area contributed by atoms with Gasteiger partial charge in [-0.25, -0.2) is 4.98 Å². The first-order valence-corrected chi connectivity index (χ1v) is 7.06. The van der Waals surface area contributed by atoms with Crippen molar-refractivity contribution in [3.8, 4) is 5.88 Å². The van der Waals surface area contributed by atoms with Crippen molar-refractivity contribution in [1.82, 2.24) is 10.3 Å². The molecule has 0 spiro atoms. The van der Waals surface area contributed by atoms with E-state index in [1.807, 2.05) is 19.9 Å². The fourth-order valence-corrected chi connectivity index (χ4v) is 2.37. The number of carbonyl (C=O) groups excluding carboxylic acids is 1. The normalized spacial score (nSPS) is 21.1. The van der Waals surface area contributed by atoms with E-state index in [0.717, 1.165) is 18.5 Å². The van der Waals surface area contributed by atoms with Crippen LogP contribution in [0.2, 0.25) is 0 Å². The van der Waals surface area contributed by atoms with Crippen LogP contribution in [-0.2, 0) is 4.74 Å². The fourth-order valence-electron chi connectivity index (χ4n) is 2.37. The second kappa shape index (κ2) is 6.70. The molecule has 2 atom stereocenters. The molecule has 0 radical (unpaired) electrons. The SMILES string of the molecule is CCOc1nc(C)ccc1C(=O)N[C@@H]1CC[C@@H]1COC. The minimum absolute atomic E-state index is 0.119. The first-order valence-electron chi connectivity index (χ1n) is 7.06. The largest absolute Gasteiger partial charge is 0.477 e. The third kappa shape index (κ3) is 3.28. The predicted octanol–water partition coefficient (Wildman–Crippen LogP) is 1.94. The third-order valence-electron chi connectivity index (χ3n) is 3.64. The van der Waals surface area contributed by atoms with E-state index in [1.165, 1.54) is 0 Å². The van der Waals surface area contributed by atoms with Gasteiger partial charge in [-0.1, -0.05) is 0 Å². The zero-order chi connectivity index (χ0) is 14.5.